The number of nitrogens with one attached hydrogen (secondary N) is 1. The SMILES string of the molecule is CSc1nn(-c2ccc(C(=O)OCC(=O)NCCC3=CCCCC3)cc2)c(=S)s1. The minimum Gasteiger partial charge on any atom is -0.452 e. The molecule has 3 rings (SSSR count). The molecule has 1 amide bonds. The number of rotatable bonds is 8. The van der Waals surface area contributed by atoms with Crippen molar-refractivity contribution in [1.29, 1.82) is 0 Å². The van der Waals surface area contributed by atoms with Gasteiger partial charge in [-0.3, -0.25) is 4.79 Å². The average Bonchev–Trinajstić information content (AvgIpc) is 3.13. The van der Waals surface area contributed by atoms with E-state index in [0.29, 0.717) is 16.1 Å². The van der Waals surface area contributed by atoms with Gasteiger partial charge in [-0.15, -0.1) is 5.10 Å². The highest BCUT2D eigenvalue weighted by atomic mass is 32.2. The highest BCUT2D eigenvalue weighted by molar-refractivity contribution is 8.00. The summed E-state index contributed by atoms with van der Waals surface area (Å²) in [4.78, 5) is 24.1. The van der Waals surface area contributed by atoms with Crippen molar-refractivity contribution in [3.05, 3.63) is 45.4 Å². The number of allylic oxidation sites excluding steroid dienone is 1. The first kappa shape index (κ1) is 21.7. The number of hydrogen-bond acceptors (Lipinski definition) is 7. The minimum absolute atomic E-state index is 0.284. The number of nitrogens with zero attached hydrogens (tertiary/aromatic N) is 2. The Morgan fingerprint density at radius 2 is 2.10 bits per heavy atom. The van der Waals surface area contributed by atoms with Crippen molar-refractivity contribution >= 4 is 47.2 Å². The Labute approximate surface area is 183 Å². The number of hydrogen-bond donors (Lipinski definition) is 1. The number of esters is 1. The second-order valence-electron chi connectivity index (χ2n) is 6.58. The van der Waals surface area contributed by atoms with Gasteiger partial charge in [0.1, 0.15) is 0 Å². The molecule has 1 aliphatic rings. The largest absolute Gasteiger partial charge is 0.452 e. The van der Waals surface area contributed by atoms with Gasteiger partial charge >= 0.3 is 5.97 Å². The minimum atomic E-state index is -0.534. The molecule has 1 aliphatic carbocycles. The summed E-state index contributed by atoms with van der Waals surface area (Å²) in [5.41, 5.74) is 2.55. The molecular formula is C20H23N3O3S3. The molecule has 0 saturated heterocycles. The monoisotopic (exact) mass is 449 g/mol. The lowest BCUT2D eigenvalue weighted by molar-refractivity contribution is -0.124. The van der Waals surface area contributed by atoms with Crippen LogP contribution in [0.5, 0.6) is 0 Å². The van der Waals surface area contributed by atoms with Crippen LogP contribution < -0.4 is 5.32 Å². The van der Waals surface area contributed by atoms with Gasteiger partial charge in [-0.2, -0.15) is 0 Å². The van der Waals surface area contributed by atoms with Crippen molar-refractivity contribution in [2.24, 2.45) is 0 Å². The average molecular weight is 450 g/mol. The molecular weight excluding hydrogens is 426 g/mol. The maximum Gasteiger partial charge on any atom is 0.338 e. The standard InChI is InChI=1S/C20H23N3O3S3/c1-28-19-22-23(20(27)29-19)16-9-7-15(8-10-16)18(25)26-13-17(24)21-12-11-14-5-3-2-4-6-14/h5,7-10H,2-4,6,11-13H2,1H3,(H,21,24). The summed E-state index contributed by atoms with van der Waals surface area (Å²) in [6, 6.07) is 6.80. The van der Waals surface area contributed by atoms with Gasteiger partial charge in [-0.25, -0.2) is 9.48 Å². The number of amides is 1. The van der Waals surface area contributed by atoms with Crippen LogP contribution in [0, 0.1) is 3.95 Å². The lowest BCUT2D eigenvalue weighted by Crippen LogP contribution is -2.29. The zero-order chi connectivity index (χ0) is 20.6. The van der Waals surface area contributed by atoms with E-state index in [1.54, 1.807) is 28.9 Å². The molecule has 1 aromatic heterocycles. The fraction of sp³-hybridized carbons (Fsp3) is 0.400. The summed E-state index contributed by atoms with van der Waals surface area (Å²) >= 11 is 8.29. The Kier molecular flexibility index (Phi) is 8.02. The molecule has 0 unspecified atom stereocenters. The van der Waals surface area contributed by atoms with E-state index >= 15 is 0 Å². The molecule has 0 atom stereocenters. The number of carbonyl (C=O) groups excluding carboxylic acids is 2. The van der Waals surface area contributed by atoms with Crippen LogP contribution in [0.25, 0.3) is 5.69 Å². The van der Waals surface area contributed by atoms with Crippen molar-refractivity contribution in [2.45, 2.75) is 36.4 Å². The normalized spacial score (nSPS) is 13.6. The predicted octanol–water partition coefficient (Wildman–Crippen LogP) is 4.55. The summed E-state index contributed by atoms with van der Waals surface area (Å²) in [6.45, 7) is 0.289. The van der Waals surface area contributed by atoms with Crippen molar-refractivity contribution in [2.75, 3.05) is 19.4 Å². The number of thioether (sulfide) groups is 1. The lowest BCUT2D eigenvalue weighted by atomic mass is 9.97. The quantitative estimate of drug-likeness (QED) is 0.276. The molecule has 29 heavy (non-hydrogen) atoms. The molecule has 2 aromatic rings. The highest BCUT2D eigenvalue weighted by Crippen LogP contribution is 2.22. The van der Waals surface area contributed by atoms with Crippen molar-refractivity contribution in [3.8, 4) is 5.69 Å². The van der Waals surface area contributed by atoms with E-state index in [4.69, 9.17) is 17.0 Å². The van der Waals surface area contributed by atoms with Gasteiger partial charge in [0.15, 0.2) is 14.9 Å². The summed E-state index contributed by atoms with van der Waals surface area (Å²) in [6.07, 6.45) is 9.80. The zero-order valence-corrected chi connectivity index (χ0v) is 18.6. The Hall–Kier alpha value is -1.97. The van der Waals surface area contributed by atoms with Crippen LogP contribution in [-0.2, 0) is 9.53 Å². The van der Waals surface area contributed by atoms with Gasteiger partial charge in [0.05, 0.1) is 11.3 Å². The Morgan fingerprint density at radius 3 is 2.76 bits per heavy atom. The summed E-state index contributed by atoms with van der Waals surface area (Å²) in [7, 11) is 0. The van der Waals surface area contributed by atoms with Gasteiger partial charge < -0.3 is 10.1 Å². The first-order chi connectivity index (χ1) is 14.1. The third-order valence-corrected chi connectivity index (χ3v) is 6.75. The van der Waals surface area contributed by atoms with Crippen LogP contribution >= 0.6 is 35.3 Å². The molecule has 1 N–H and O–H groups in total. The summed E-state index contributed by atoms with van der Waals surface area (Å²) < 4.78 is 8.30. The predicted molar refractivity (Wildman–Crippen MR) is 119 cm³/mol. The van der Waals surface area contributed by atoms with Crippen molar-refractivity contribution < 1.29 is 14.3 Å². The third-order valence-electron chi connectivity index (χ3n) is 4.54. The van der Waals surface area contributed by atoms with Gasteiger partial charge in [-0.05, 0) is 74.8 Å². The maximum absolute atomic E-state index is 12.2. The second kappa shape index (κ2) is 10.7. The Morgan fingerprint density at radius 1 is 1.31 bits per heavy atom. The molecule has 0 spiro atoms. The third kappa shape index (κ3) is 6.25. The highest BCUT2D eigenvalue weighted by Gasteiger charge is 2.12. The van der Waals surface area contributed by atoms with Crippen LogP contribution in [0.1, 0.15) is 42.5 Å². The lowest BCUT2D eigenvalue weighted by Gasteiger charge is -2.13. The summed E-state index contributed by atoms with van der Waals surface area (Å²) in [5.74, 6) is -0.821. The van der Waals surface area contributed by atoms with Crippen molar-refractivity contribution in [1.82, 2.24) is 15.1 Å². The molecule has 154 valence electrons. The van der Waals surface area contributed by atoms with Crippen LogP contribution in [-0.4, -0.2) is 41.1 Å². The van der Waals surface area contributed by atoms with Crippen LogP contribution in [0.15, 0.2) is 40.3 Å². The number of carbonyl (C=O) groups is 2. The molecule has 0 radical (unpaired) electrons. The van der Waals surface area contributed by atoms with Crippen LogP contribution in [0.2, 0.25) is 0 Å². The van der Waals surface area contributed by atoms with E-state index < -0.39 is 5.97 Å². The molecule has 0 aliphatic heterocycles. The van der Waals surface area contributed by atoms with E-state index in [2.05, 4.69) is 16.5 Å². The van der Waals surface area contributed by atoms with Crippen molar-refractivity contribution in [3.63, 3.8) is 0 Å². The fourth-order valence-corrected chi connectivity index (χ4v) is 4.78. The first-order valence-corrected chi connectivity index (χ1v) is 11.9. The zero-order valence-electron chi connectivity index (χ0n) is 16.2. The smallest absolute Gasteiger partial charge is 0.338 e. The second-order valence-corrected chi connectivity index (χ2v) is 9.26. The van der Waals surface area contributed by atoms with Crippen LogP contribution in [0.3, 0.4) is 0 Å². The van der Waals surface area contributed by atoms with E-state index in [0.717, 1.165) is 29.3 Å². The molecule has 0 fully saturated rings. The molecule has 6 nitrogen and oxygen atoms in total. The number of ether oxygens (including phenoxy) is 1. The number of aromatic nitrogens is 2. The van der Waals surface area contributed by atoms with Gasteiger partial charge in [0.2, 0.25) is 0 Å². The fourth-order valence-electron chi connectivity index (χ4n) is 3.00. The Balaban J connectivity index is 1.46. The molecule has 0 bridgehead atoms. The van der Waals surface area contributed by atoms with Gasteiger partial charge in [0.25, 0.3) is 5.91 Å². The van der Waals surface area contributed by atoms with E-state index in [1.807, 2.05) is 6.26 Å². The first-order valence-electron chi connectivity index (χ1n) is 9.43. The van der Waals surface area contributed by atoms with Gasteiger partial charge in [-0.1, -0.05) is 34.7 Å². The molecule has 1 aromatic carbocycles. The van der Waals surface area contributed by atoms with E-state index in [-0.39, 0.29) is 12.5 Å². The number of benzene rings is 1. The Bertz CT molecular complexity index is 948. The molecule has 0 saturated carbocycles. The topological polar surface area (TPSA) is 73.2 Å². The van der Waals surface area contributed by atoms with E-state index in [1.165, 1.54) is 41.5 Å². The maximum atomic E-state index is 12.2. The molecule has 1 heterocycles. The van der Waals surface area contributed by atoms with Crippen LogP contribution in [0.4, 0.5) is 0 Å². The molecule has 9 heteroatoms. The summed E-state index contributed by atoms with van der Waals surface area (Å²) in [5, 5.41) is 7.22. The van der Waals surface area contributed by atoms with Gasteiger partial charge in [0, 0.05) is 6.54 Å². The van der Waals surface area contributed by atoms with E-state index in [9.17, 15) is 9.59 Å².